The number of carbonyl (C=O) groups is 1. The molecular weight excluding hydrogens is 510 g/mol. The van der Waals surface area contributed by atoms with Gasteiger partial charge in [-0.1, -0.05) is 48.9 Å². The summed E-state index contributed by atoms with van der Waals surface area (Å²) in [4.78, 5) is 14.9. The van der Waals surface area contributed by atoms with Crippen LogP contribution in [0.5, 0.6) is 5.75 Å². The highest BCUT2D eigenvalue weighted by atomic mass is 32.2. The number of amides is 1. The average molecular weight is 548 g/mol. The van der Waals surface area contributed by atoms with Gasteiger partial charge < -0.3 is 10.1 Å². The molecule has 2 N–H and O–H groups in total. The molecule has 3 aromatic rings. The molecule has 0 aliphatic carbocycles. The summed E-state index contributed by atoms with van der Waals surface area (Å²) in [6, 6.07) is 19.0. The predicted octanol–water partition coefficient (Wildman–Crippen LogP) is 4.71. The Labute approximate surface area is 230 Å². The van der Waals surface area contributed by atoms with Gasteiger partial charge in [0, 0.05) is 18.5 Å². The van der Waals surface area contributed by atoms with Crippen LogP contribution in [0.4, 0.5) is 0 Å². The lowest BCUT2D eigenvalue weighted by Gasteiger charge is -2.32. The summed E-state index contributed by atoms with van der Waals surface area (Å²) < 4.78 is 33.9. The van der Waals surface area contributed by atoms with Crippen molar-refractivity contribution < 1.29 is 17.9 Å². The molecule has 1 amide bonds. The number of ether oxygens (including phenoxy) is 1. The van der Waals surface area contributed by atoms with Crippen LogP contribution in [0.3, 0.4) is 0 Å². The summed E-state index contributed by atoms with van der Waals surface area (Å²) in [5.41, 5.74) is 2.18. The summed E-state index contributed by atoms with van der Waals surface area (Å²) in [7, 11) is -3.81. The van der Waals surface area contributed by atoms with Gasteiger partial charge in [0.2, 0.25) is 5.91 Å². The van der Waals surface area contributed by atoms with Crippen LogP contribution in [0.25, 0.3) is 10.8 Å². The highest BCUT2D eigenvalue weighted by molar-refractivity contribution is 7.92. The van der Waals surface area contributed by atoms with Crippen LogP contribution in [-0.4, -0.2) is 50.3 Å². The zero-order valence-corrected chi connectivity index (χ0v) is 23.1. The Bertz CT molecular complexity index is 1460. The largest absolute Gasteiger partial charge is 0.493 e. The molecule has 0 saturated carbocycles. The molecule has 3 aliphatic rings. The molecule has 0 aromatic heterocycles. The third-order valence-electron chi connectivity index (χ3n) is 8.50. The van der Waals surface area contributed by atoms with Crippen molar-refractivity contribution in [2.24, 2.45) is 0 Å². The minimum Gasteiger partial charge on any atom is -0.493 e. The topological polar surface area (TPSA) is 87.7 Å². The molecule has 7 nitrogen and oxygen atoms in total. The maximum atomic E-state index is 14.0. The van der Waals surface area contributed by atoms with Gasteiger partial charge in [-0.15, -0.1) is 0 Å². The number of nitrogens with zero attached hydrogens (tertiary/aromatic N) is 1. The zero-order chi connectivity index (χ0) is 26.9. The van der Waals surface area contributed by atoms with Gasteiger partial charge in [-0.3, -0.25) is 15.0 Å². The van der Waals surface area contributed by atoms with E-state index in [2.05, 4.69) is 33.7 Å². The molecule has 3 aromatic carbocycles. The lowest BCUT2D eigenvalue weighted by atomic mass is 9.98. The predicted molar refractivity (Wildman–Crippen MR) is 152 cm³/mol. The zero-order valence-electron chi connectivity index (χ0n) is 22.3. The second-order valence-electron chi connectivity index (χ2n) is 11.2. The van der Waals surface area contributed by atoms with Gasteiger partial charge in [-0.25, -0.2) is 8.42 Å². The molecule has 0 spiro atoms. The summed E-state index contributed by atoms with van der Waals surface area (Å²) in [6.45, 7) is 4.27. The fourth-order valence-electron chi connectivity index (χ4n) is 6.38. The van der Waals surface area contributed by atoms with Crippen molar-refractivity contribution in [3.8, 4) is 5.75 Å². The van der Waals surface area contributed by atoms with E-state index in [1.165, 1.54) is 24.8 Å². The summed E-state index contributed by atoms with van der Waals surface area (Å²) >= 11 is 0. The number of carbonyl (C=O) groups excluding carboxylic acids is 1. The fraction of sp³-hybridized carbons (Fsp3) is 0.452. The second kappa shape index (κ2) is 10.9. The number of rotatable bonds is 7. The summed E-state index contributed by atoms with van der Waals surface area (Å²) in [5, 5.41) is 8.22. The molecule has 39 heavy (non-hydrogen) atoms. The molecule has 3 heterocycles. The first kappa shape index (κ1) is 26.3. The van der Waals surface area contributed by atoms with Crippen LogP contribution in [-0.2, 0) is 21.2 Å². The van der Waals surface area contributed by atoms with Gasteiger partial charge in [-0.2, -0.15) is 0 Å². The van der Waals surface area contributed by atoms with Crippen LogP contribution >= 0.6 is 0 Å². The highest BCUT2D eigenvalue weighted by Crippen LogP contribution is 2.37. The van der Waals surface area contributed by atoms with Gasteiger partial charge in [-0.05, 0) is 79.9 Å². The first-order chi connectivity index (χ1) is 18.9. The van der Waals surface area contributed by atoms with Crippen molar-refractivity contribution in [3.05, 3.63) is 71.8 Å². The van der Waals surface area contributed by atoms with E-state index in [4.69, 9.17) is 4.74 Å². The number of nitrogens with one attached hydrogen (secondary N) is 2. The highest BCUT2D eigenvalue weighted by Gasteiger charge is 2.48. The van der Waals surface area contributed by atoms with Crippen LogP contribution < -0.4 is 15.4 Å². The van der Waals surface area contributed by atoms with Gasteiger partial charge in [0.1, 0.15) is 10.6 Å². The van der Waals surface area contributed by atoms with E-state index in [0.29, 0.717) is 32.4 Å². The Morgan fingerprint density at radius 3 is 2.62 bits per heavy atom. The van der Waals surface area contributed by atoms with Crippen LogP contribution in [0.15, 0.2) is 65.6 Å². The molecule has 0 radical (unpaired) electrons. The molecule has 2 saturated heterocycles. The Morgan fingerprint density at radius 2 is 1.82 bits per heavy atom. The number of sulfone groups is 1. The third-order valence-corrected chi connectivity index (χ3v) is 10.9. The van der Waals surface area contributed by atoms with Crippen LogP contribution in [0.2, 0.25) is 0 Å². The van der Waals surface area contributed by atoms with E-state index in [0.717, 1.165) is 41.7 Å². The Kier molecular flexibility index (Phi) is 7.35. The molecule has 2 atom stereocenters. The minimum absolute atomic E-state index is 0.123. The fourth-order valence-corrected chi connectivity index (χ4v) is 8.38. The van der Waals surface area contributed by atoms with Gasteiger partial charge in [0.25, 0.3) is 0 Å². The number of likely N-dealkylation sites (tertiary alicyclic amines) is 1. The van der Waals surface area contributed by atoms with E-state index < -0.39 is 14.7 Å². The van der Waals surface area contributed by atoms with E-state index in [1.54, 1.807) is 12.1 Å². The third kappa shape index (κ3) is 5.30. The number of hydrogen-bond donors (Lipinski definition) is 2. The first-order valence-corrected chi connectivity index (χ1v) is 15.7. The van der Waals surface area contributed by atoms with E-state index in [-0.39, 0.29) is 23.3 Å². The van der Waals surface area contributed by atoms with E-state index in [9.17, 15) is 13.2 Å². The standard InChI is InChI=1S/C31H37N3O4S/c35-30(33-28-13-18-38-29-19-23(9-12-27(28)29)22-34-16-4-1-5-17-34)21-31(14-6-15-32-31)39(36,37)26-11-10-24-7-2-3-8-25(24)20-26/h2-3,7-12,19-20,28,32H,1,4-6,13-18,21-22H2,(H,33,35)/t28-,31?/m1/s1. The summed E-state index contributed by atoms with van der Waals surface area (Å²) in [5.74, 6) is 0.558. The Balaban J connectivity index is 1.19. The molecule has 6 rings (SSSR count). The van der Waals surface area contributed by atoms with Crippen molar-refractivity contribution in [1.29, 1.82) is 0 Å². The van der Waals surface area contributed by atoms with Crippen molar-refractivity contribution >= 4 is 26.5 Å². The average Bonchev–Trinajstić information content (AvgIpc) is 3.43. The normalized spacial score (nSPS) is 23.7. The minimum atomic E-state index is -3.81. The molecular formula is C31H37N3O4S. The van der Waals surface area contributed by atoms with Gasteiger partial charge >= 0.3 is 0 Å². The quantitative estimate of drug-likeness (QED) is 0.446. The van der Waals surface area contributed by atoms with Crippen molar-refractivity contribution in [2.45, 2.75) is 67.3 Å². The lowest BCUT2D eigenvalue weighted by molar-refractivity contribution is -0.122. The molecule has 1 unspecified atom stereocenters. The number of hydrogen-bond acceptors (Lipinski definition) is 6. The molecule has 3 aliphatic heterocycles. The molecule has 0 bridgehead atoms. The maximum absolute atomic E-state index is 14.0. The number of benzene rings is 3. The van der Waals surface area contributed by atoms with Crippen molar-refractivity contribution in [2.75, 3.05) is 26.2 Å². The van der Waals surface area contributed by atoms with Gasteiger partial charge in [0.15, 0.2) is 9.84 Å². The van der Waals surface area contributed by atoms with Gasteiger partial charge in [0.05, 0.1) is 24.0 Å². The Hall–Kier alpha value is -2.94. The van der Waals surface area contributed by atoms with E-state index >= 15 is 0 Å². The molecule has 8 heteroatoms. The maximum Gasteiger partial charge on any atom is 0.223 e. The number of fused-ring (bicyclic) bond motifs is 2. The van der Waals surface area contributed by atoms with Crippen LogP contribution in [0.1, 0.15) is 62.1 Å². The molecule has 2 fully saturated rings. The van der Waals surface area contributed by atoms with Crippen LogP contribution in [0, 0.1) is 0 Å². The monoisotopic (exact) mass is 547 g/mol. The first-order valence-electron chi connectivity index (χ1n) is 14.2. The second-order valence-corrected chi connectivity index (χ2v) is 13.4. The summed E-state index contributed by atoms with van der Waals surface area (Å²) in [6.07, 6.45) is 5.46. The Morgan fingerprint density at radius 1 is 1.00 bits per heavy atom. The molecule has 206 valence electrons. The van der Waals surface area contributed by atoms with Crippen molar-refractivity contribution in [3.63, 3.8) is 0 Å². The lowest BCUT2D eigenvalue weighted by Crippen LogP contribution is -2.51. The smallest absolute Gasteiger partial charge is 0.223 e. The SMILES string of the molecule is O=C(CC1(S(=O)(=O)c2ccc3ccccc3c2)CCCN1)N[C@@H]1CCOc2cc(CN3CCCCC3)ccc21. The number of piperidine rings is 1. The van der Waals surface area contributed by atoms with Crippen molar-refractivity contribution in [1.82, 2.24) is 15.5 Å². The van der Waals surface area contributed by atoms with E-state index in [1.807, 2.05) is 30.3 Å².